The Hall–Kier alpha value is -1.63. The Morgan fingerprint density at radius 2 is 1.95 bits per heavy atom. The van der Waals surface area contributed by atoms with E-state index in [2.05, 4.69) is 24.1 Å². The van der Waals surface area contributed by atoms with Gasteiger partial charge >= 0.3 is 12.1 Å². The third-order valence-corrected chi connectivity index (χ3v) is 2.92. The number of carbonyl (C=O) groups excluding carboxylic acids is 1. The molecule has 0 saturated heterocycles. The van der Waals surface area contributed by atoms with E-state index in [9.17, 15) is 9.59 Å². The van der Waals surface area contributed by atoms with Crippen LogP contribution in [-0.4, -0.2) is 34.3 Å². The molecule has 1 rings (SSSR count). The Kier molecular flexibility index (Phi) is 9.40. The number of rotatable bonds is 5. The Labute approximate surface area is 135 Å². The van der Waals surface area contributed by atoms with Crippen LogP contribution in [-0.2, 0) is 11.2 Å². The van der Waals surface area contributed by atoms with Crippen molar-refractivity contribution in [1.82, 2.24) is 10.3 Å². The molecule has 22 heavy (non-hydrogen) atoms. The molecule has 0 aliphatic carbocycles. The molecule has 0 saturated carbocycles. The predicted octanol–water partition coefficient (Wildman–Crippen LogP) is 3.71. The van der Waals surface area contributed by atoms with Gasteiger partial charge in [0.2, 0.25) is 0 Å². The van der Waals surface area contributed by atoms with Crippen LogP contribution in [0.25, 0.3) is 0 Å². The van der Waals surface area contributed by atoms with E-state index in [4.69, 9.17) is 9.84 Å². The number of aromatic carboxylic acids is 1. The van der Waals surface area contributed by atoms with Gasteiger partial charge in [-0.2, -0.15) is 0 Å². The number of hydrogen-bond acceptors (Lipinski definition) is 5. The molecule has 0 atom stereocenters. The Bertz CT molecular complexity index is 466. The number of nitrogens with zero attached hydrogens (tertiary/aromatic N) is 1. The zero-order valence-corrected chi connectivity index (χ0v) is 14.7. The second-order valence-electron chi connectivity index (χ2n) is 5.67. The Morgan fingerprint density at radius 1 is 1.36 bits per heavy atom. The van der Waals surface area contributed by atoms with Crippen LogP contribution in [0.2, 0.25) is 0 Å². The van der Waals surface area contributed by atoms with Gasteiger partial charge in [-0.3, -0.25) is 0 Å². The van der Waals surface area contributed by atoms with Crippen molar-refractivity contribution in [3.05, 3.63) is 16.1 Å². The maximum Gasteiger partial charge on any atom is 0.407 e. The summed E-state index contributed by atoms with van der Waals surface area (Å²) in [4.78, 5) is 25.9. The first-order valence-electron chi connectivity index (χ1n) is 7.34. The smallest absolute Gasteiger partial charge is 0.407 e. The third kappa shape index (κ3) is 10.1. The number of thiazole rings is 1. The summed E-state index contributed by atoms with van der Waals surface area (Å²) in [5.74, 6) is -1.02. The minimum Gasteiger partial charge on any atom is -0.476 e. The summed E-state index contributed by atoms with van der Waals surface area (Å²) < 4.78 is 5.08. The largest absolute Gasteiger partial charge is 0.476 e. The van der Waals surface area contributed by atoms with Gasteiger partial charge in [-0.15, -0.1) is 11.3 Å². The van der Waals surface area contributed by atoms with Crippen molar-refractivity contribution in [2.24, 2.45) is 0 Å². The summed E-state index contributed by atoms with van der Waals surface area (Å²) in [5, 5.41) is 13.6. The highest BCUT2D eigenvalue weighted by atomic mass is 32.1. The summed E-state index contributed by atoms with van der Waals surface area (Å²) in [5.41, 5.74) is -0.435. The normalized spacial score (nSPS) is 10.4. The van der Waals surface area contributed by atoms with Crippen LogP contribution in [0.4, 0.5) is 4.79 Å². The number of amides is 1. The van der Waals surface area contributed by atoms with E-state index in [1.165, 1.54) is 23.1 Å². The lowest BCUT2D eigenvalue weighted by Gasteiger charge is -2.19. The predicted molar refractivity (Wildman–Crippen MR) is 87.6 cm³/mol. The number of carboxylic acid groups (broad SMARTS) is 1. The third-order valence-electron chi connectivity index (χ3n) is 2.01. The Morgan fingerprint density at radius 3 is 2.41 bits per heavy atom. The van der Waals surface area contributed by atoms with Crippen LogP contribution in [0.1, 0.15) is 63.0 Å². The number of ether oxygens (including phenoxy) is 1. The molecular formula is C15H26N2O4S. The van der Waals surface area contributed by atoms with Crippen molar-refractivity contribution in [3.63, 3.8) is 0 Å². The van der Waals surface area contributed by atoms with Crippen LogP contribution in [0.15, 0.2) is 5.38 Å². The number of alkyl carbamates (subject to hydrolysis) is 1. The fourth-order valence-electron chi connectivity index (χ4n) is 1.27. The number of nitrogens with one attached hydrogen (secondary N) is 1. The van der Waals surface area contributed by atoms with Crippen LogP contribution in [0, 0.1) is 0 Å². The second kappa shape index (κ2) is 10.2. The summed E-state index contributed by atoms with van der Waals surface area (Å²) in [6.45, 7) is 10.1. The van der Waals surface area contributed by atoms with Gasteiger partial charge in [0.05, 0.1) is 5.01 Å². The zero-order valence-electron chi connectivity index (χ0n) is 13.9. The highest BCUT2D eigenvalue weighted by Crippen LogP contribution is 2.11. The first-order chi connectivity index (χ1) is 10.2. The number of aryl methyl sites for hydroxylation is 1. The molecule has 0 aromatic carbocycles. The molecule has 1 amide bonds. The highest BCUT2D eigenvalue weighted by Gasteiger charge is 2.15. The van der Waals surface area contributed by atoms with Gasteiger partial charge in [0, 0.05) is 18.3 Å². The number of hydrogen-bond donors (Lipinski definition) is 2. The molecule has 0 aliphatic heterocycles. The lowest BCUT2D eigenvalue weighted by molar-refractivity contribution is 0.0526. The molecular weight excluding hydrogens is 304 g/mol. The van der Waals surface area contributed by atoms with Crippen LogP contribution in [0.3, 0.4) is 0 Å². The minimum absolute atomic E-state index is 0.0695. The van der Waals surface area contributed by atoms with E-state index < -0.39 is 17.7 Å². The van der Waals surface area contributed by atoms with Gasteiger partial charge in [-0.1, -0.05) is 20.3 Å². The molecule has 0 fully saturated rings. The molecule has 0 unspecified atom stereocenters. The van der Waals surface area contributed by atoms with E-state index in [1.807, 2.05) is 0 Å². The fraction of sp³-hybridized carbons (Fsp3) is 0.667. The molecule has 0 radical (unpaired) electrons. The number of carboxylic acids is 1. The van der Waals surface area contributed by atoms with E-state index in [0.717, 1.165) is 5.01 Å². The Balaban J connectivity index is 0.00000135. The topological polar surface area (TPSA) is 88.5 Å². The van der Waals surface area contributed by atoms with Crippen LogP contribution < -0.4 is 5.32 Å². The standard InChI is InChI=1S/C12H18N2O4S.C3H8/c1-12(2,3)18-11(17)13-6-4-5-9-14-8(7-19-9)10(15)16;1-3-2/h7H,4-6H2,1-3H3,(H,13,17)(H,15,16);3H2,1-2H3. The second-order valence-corrected chi connectivity index (χ2v) is 6.61. The zero-order chi connectivity index (χ0) is 17.2. The van der Waals surface area contributed by atoms with E-state index in [-0.39, 0.29) is 5.69 Å². The highest BCUT2D eigenvalue weighted by molar-refractivity contribution is 7.09. The van der Waals surface area contributed by atoms with Gasteiger partial charge in [-0.05, 0) is 27.2 Å². The number of carbonyl (C=O) groups is 2. The minimum atomic E-state index is -1.02. The molecule has 0 aliphatic rings. The molecule has 1 aromatic rings. The maximum atomic E-state index is 11.3. The van der Waals surface area contributed by atoms with Crippen LogP contribution >= 0.6 is 11.3 Å². The molecule has 126 valence electrons. The average molecular weight is 330 g/mol. The fourth-order valence-corrected chi connectivity index (χ4v) is 2.08. The van der Waals surface area contributed by atoms with Crippen molar-refractivity contribution in [3.8, 4) is 0 Å². The van der Waals surface area contributed by atoms with Crippen molar-refractivity contribution < 1.29 is 19.4 Å². The summed E-state index contributed by atoms with van der Waals surface area (Å²) in [7, 11) is 0. The van der Waals surface area contributed by atoms with Gasteiger partial charge in [-0.25, -0.2) is 14.6 Å². The van der Waals surface area contributed by atoms with E-state index in [0.29, 0.717) is 19.4 Å². The monoisotopic (exact) mass is 330 g/mol. The van der Waals surface area contributed by atoms with Gasteiger partial charge in [0.15, 0.2) is 5.69 Å². The maximum absolute atomic E-state index is 11.3. The molecule has 0 spiro atoms. The summed E-state index contributed by atoms with van der Waals surface area (Å²) in [6.07, 6.45) is 2.12. The molecule has 7 heteroatoms. The average Bonchev–Trinajstić information content (AvgIpc) is 2.82. The molecule has 2 N–H and O–H groups in total. The van der Waals surface area contributed by atoms with Gasteiger partial charge in [0.1, 0.15) is 5.60 Å². The van der Waals surface area contributed by atoms with Gasteiger partial charge in [0.25, 0.3) is 0 Å². The molecule has 0 bridgehead atoms. The van der Waals surface area contributed by atoms with E-state index >= 15 is 0 Å². The van der Waals surface area contributed by atoms with E-state index in [1.54, 1.807) is 20.8 Å². The first-order valence-corrected chi connectivity index (χ1v) is 8.22. The quantitative estimate of drug-likeness (QED) is 0.803. The first kappa shape index (κ1) is 20.4. The van der Waals surface area contributed by atoms with Crippen molar-refractivity contribution in [2.45, 2.75) is 59.5 Å². The summed E-state index contributed by atoms with van der Waals surface area (Å²) in [6, 6.07) is 0. The van der Waals surface area contributed by atoms with Crippen molar-refractivity contribution in [2.75, 3.05) is 6.54 Å². The van der Waals surface area contributed by atoms with Gasteiger partial charge < -0.3 is 15.2 Å². The van der Waals surface area contributed by atoms with Crippen molar-refractivity contribution >= 4 is 23.4 Å². The summed E-state index contributed by atoms with van der Waals surface area (Å²) >= 11 is 1.31. The van der Waals surface area contributed by atoms with Crippen LogP contribution in [0.5, 0.6) is 0 Å². The van der Waals surface area contributed by atoms with Crippen molar-refractivity contribution in [1.29, 1.82) is 0 Å². The molecule has 6 nitrogen and oxygen atoms in total. The lowest BCUT2D eigenvalue weighted by Crippen LogP contribution is -2.33. The number of aromatic nitrogens is 1. The SMILES string of the molecule is CC(C)(C)OC(=O)NCCCc1nc(C(=O)O)cs1.CCC. The lowest BCUT2D eigenvalue weighted by atomic mass is 10.2. The molecule has 1 aromatic heterocycles. The molecule has 1 heterocycles.